The van der Waals surface area contributed by atoms with Gasteiger partial charge in [0.05, 0.1) is 18.4 Å². The quantitative estimate of drug-likeness (QED) is 0.634. The molecule has 1 saturated heterocycles. The molecule has 104 valence electrons. The Kier molecular flexibility index (Phi) is 3.52. The molecular weight excluding hydrogens is 256 g/mol. The molecule has 5 nitrogen and oxygen atoms in total. The first-order chi connectivity index (χ1) is 9.72. The van der Waals surface area contributed by atoms with Crippen LogP contribution in [0.4, 0.5) is 0 Å². The molecule has 1 aliphatic heterocycles. The van der Waals surface area contributed by atoms with Gasteiger partial charge in [0.1, 0.15) is 5.75 Å². The van der Waals surface area contributed by atoms with Crippen molar-refractivity contribution in [3.05, 3.63) is 47.8 Å². The summed E-state index contributed by atoms with van der Waals surface area (Å²) in [5.74, 6) is 0.606. The highest BCUT2D eigenvalue weighted by molar-refractivity contribution is 5.90. The maximum absolute atomic E-state index is 11.9. The molecule has 1 fully saturated rings. The van der Waals surface area contributed by atoms with Crippen LogP contribution in [0.15, 0.2) is 36.7 Å². The van der Waals surface area contributed by atoms with Crippen LogP contribution in [-0.4, -0.2) is 29.0 Å². The number of esters is 1. The molecule has 20 heavy (non-hydrogen) atoms. The van der Waals surface area contributed by atoms with E-state index < -0.39 is 5.97 Å². The van der Waals surface area contributed by atoms with E-state index in [1.54, 1.807) is 17.9 Å². The summed E-state index contributed by atoms with van der Waals surface area (Å²) in [4.78, 5) is 11.9. The van der Waals surface area contributed by atoms with Gasteiger partial charge in [0.15, 0.2) is 0 Å². The molecule has 0 bridgehead atoms. The lowest BCUT2D eigenvalue weighted by Crippen LogP contribution is -2.07. The van der Waals surface area contributed by atoms with Crippen molar-refractivity contribution < 1.29 is 14.3 Å². The summed E-state index contributed by atoms with van der Waals surface area (Å²) in [5, 5.41) is 3.95. The van der Waals surface area contributed by atoms with Gasteiger partial charge in [-0.05, 0) is 24.1 Å². The van der Waals surface area contributed by atoms with Crippen LogP contribution in [0.3, 0.4) is 0 Å². The summed E-state index contributed by atoms with van der Waals surface area (Å²) in [6, 6.07) is 7.63. The highest BCUT2D eigenvalue weighted by Crippen LogP contribution is 2.26. The van der Waals surface area contributed by atoms with E-state index in [1.165, 1.54) is 11.8 Å². The van der Waals surface area contributed by atoms with Crippen molar-refractivity contribution in [3.8, 4) is 5.75 Å². The second-order valence-electron chi connectivity index (χ2n) is 4.92. The number of aromatic nitrogens is 2. The Balaban J connectivity index is 1.67. The fraction of sp³-hybridized carbons (Fsp3) is 0.333. The number of ether oxygens (including phenoxy) is 2. The van der Waals surface area contributed by atoms with Crippen LogP contribution in [-0.2, 0) is 11.8 Å². The molecule has 0 N–H and O–H groups in total. The minimum atomic E-state index is -0.393. The van der Waals surface area contributed by atoms with E-state index in [9.17, 15) is 4.79 Å². The van der Waals surface area contributed by atoms with E-state index in [0.717, 1.165) is 19.6 Å². The Morgan fingerprint density at radius 2 is 2.20 bits per heavy atom. The molecule has 2 heterocycles. The second-order valence-corrected chi connectivity index (χ2v) is 4.92. The van der Waals surface area contributed by atoms with E-state index >= 15 is 0 Å². The number of hydrogen-bond acceptors (Lipinski definition) is 4. The molecule has 0 amide bonds. The van der Waals surface area contributed by atoms with Gasteiger partial charge < -0.3 is 9.47 Å². The summed E-state index contributed by atoms with van der Waals surface area (Å²) >= 11 is 0. The van der Waals surface area contributed by atoms with E-state index in [4.69, 9.17) is 9.47 Å². The second kappa shape index (κ2) is 5.46. The maximum atomic E-state index is 11.9. The van der Waals surface area contributed by atoms with Gasteiger partial charge in [0.2, 0.25) is 0 Å². The van der Waals surface area contributed by atoms with Gasteiger partial charge >= 0.3 is 5.97 Å². The van der Waals surface area contributed by atoms with Crippen molar-refractivity contribution in [1.29, 1.82) is 0 Å². The average Bonchev–Trinajstić information content (AvgIpc) is 3.10. The fourth-order valence-electron chi connectivity index (χ4n) is 2.30. The predicted molar refractivity (Wildman–Crippen MR) is 72.8 cm³/mol. The summed E-state index contributed by atoms with van der Waals surface area (Å²) in [7, 11) is 1.76. The third-order valence-electron chi connectivity index (χ3n) is 3.43. The average molecular weight is 272 g/mol. The van der Waals surface area contributed by atoms with Crippen molar-refractivity contribution in [2.75, 3.05) is 13.2 Å². The Hall–Kier alpha value is -2.14. The smallest absolute Gasteiger partial charge is 0.346 e. The standard InChI is InChI=1S/C15H16N2O3/c1-17-9-13(8-16-17)15(18)20-14-4-2-11(3-5-14)12-6-7-19-10-12/h2-5,8-9,12H,6-7,10H2,1H3/t12-/m0/s1. The summed E-state index contributed by atoms with van der Waals surface area (Å²) in [6.45, 7) is 1.59. The molecule has 1 atom stereocenters. The van der Waals surface area contributed by atoms with Crippen LogP contribution in [0.5, 0.6) is 5.75 Å². The minimum Gasteiger partial charge on any atom is -0.423 e. The number of aryl methyl sites for hydroxylation is 1. The number of carbonyl (C=O) groups excluding carboxylic acids is 1. The van der Waals surface area contributed by atoms with Crippen LogP contribution < -0.4 is 4.74 Å². The maximum Gasteiger partial charge on any atom is 0.346 e. The highest BCUT2D eigenvalue weighted by atomic mass is 16.5. The zero-order valence-corrected chi connectivity index (χ0v) is 11.3. The number of carbonyl (C=O) groups is 1. The lowest BCUT2D eigenvalue weighted by Gasteiger charge is -2.09. The third kappa shape index (κ3) is 2.72. The Bertz CT molecular complexity index is 598. The first-order valence-electron chi connectivity index (χ1n) is 6.61. The molecule has 0 saturated carbocycles. The molecule has 3 rings (SSSR count). The largest absolute Gasteiger partial charge is 0.423 e. The Labute approximate surface area is 117 Å². The molecule has 1 aromatic heterocycles. The fourth-order valence-corrected chi connectivity index (χ4v) is 2.30. The summed E-state index contributed by atoms with van der Waals surface area (Å²) in [6.07, 6.45) is 4.17. The van der Waals surface area contributed by atoms with Crippen LogP contribution in [0.1, 0.15) is 28.3 Å². The van der Waals surface area contributed by atoms with Crippen molar-refractivity contribution in [2.45, 2.75) is 12.3 Å². The first-order valence-corrected chi connectivity index (χ1v) is 6.61. The number of hydrogen-bond donors (Lipinski definition) is 0. The molecule has 0 radical (unpaired) electrons. The Morgan fingerprint density at radius 1 is 1.40 bits per heavy atom. The van der Waals surface area contributed by atoms with E-state index in [0.29, 0.717) is 17.2 Å². The molecular formula is C15H16N2O3. The first kappa shape index (κ1) is 12.9. The van der Waals surface area contributed by atoms with Crippen LogP contribution in [0.25, 0.3) is 0 Å². The molecule has 2 aromatic rings. The van der Waals surface area contributed by atoms with Gasteiger partial charge in [0, 0.05) is 25.8 Å². The molecule has 1 aliphatic rings. The summed E-state index contributed by atoms with van der Waals surface area (Å²) in [5.41, 5.74) is 1.67. The van der Waals surface area contributed by atoms with E-state index in [-0.39, 0.29) is 0 Å². The SMILES string of the molecule is Cn1cc(C(=O)Oc2ccc([C@H]3CCOC3)cc2)cn1. The molecule has 0 unspecified atom stereocenters. The van der Waals surface area contributed by atoms with Gasteiger partial charge in [-0.2, -0.15) is 5.10 Å². The van der Waals surface area contributed by atoms with Gasteiger partial charge in [-0.25, -0.2) is 4.79 Å². The van der Waals surface area contributed by atoms with Crippen molar-refractivity contribution in [2.24, 2.45) is 7.05 Å². The lowest BCUT2D eigenvalue weighted by molar-refractivity contribution is 0.0734. The predicted octanol–water partition coefficient (Wildman–Crippen LogP) is 2.14. The van der Waals surface area contributed by atoms with Crippen molar-refractivity contribution >= 4 is 5.97 Å². The highest BCUT2D eigenvalue weighted by Gasteiger charge is 2.18. The van der Waals surface area contributed by atoms with Gasteiger partial charge in [-0.15, -0.1) is 0 Å². The van der Waals surface area contributed by atoms with Crippen molar-refractivity contribution in [1.82, 2.24) is 9.78 Å². The molecule has 0 aliphatic carbocycles. The van der Waals surface area contributed by atoms with Gasteiger partial charge in [-0.1, -0.05) is 12.1 Å². The van der Waals surface area contributed by atoms with E-state index in [1.807, 2.05) is 24.3 Å². The monoisotopic (exact) mass is 272 g/mol. The van der Waals surface area contributed by atoms with Gasteiger partial charge in [0.25, 0.3) is 0 Å². The third-order valence-corrected chi connectivity index (χ3v) is 3.43. The molecule has 0 spiro atoms. The number of benzene rings is 1. The minimum absolute atomic E-state index is 0.393. The Morgan fingerprint density at radius 3 is 2.80 bits per heavy atom. The number of rotatable bonds is 3. The zero-order chi connectivity index (χ0) is 13.9. The zero-order valence-electron chi connectivity index (χ0n) is 11.3. The van der Waals surface area contributed by atoms with Gasteiger partial charge in [-0.3, -0.25) is 4.68 Å². The topological polar surface area (TPSA) is 53.4 Å². The molecule has 1 aromatic carbocycles. The van der Waals surface area contributed by atoms with Crippen molar-refractivity contribution in [3.63, 3.8) is 0 Å². The van der Waals surface area contributed by atoms with Crippen LogP contribution in [0.2, 0.25) is 0 Å². The van der Waals surface area contributed by atoms with Crippen LogP contribution >= 0.6 is 0 Å². The lowest BCUT2D eigenvalue weighted by atomic mass is 9.99. The summed E-state index contributed by atoms with van der Waals surface area (Å²) < 4.78 is 12.2. The van der Waals surface area contributed by atoms with E-state index in [2.05, 4.69) is 5.10 Å². The number of nitrogens with zero attached hydrogens (tertiary/aromatic N) is 2. The molecule has 5 heteroatoms. The normalized spacial score (nSPS) is 18.1. The van der Waals surface area contributed by atoms with Crippen LogP contribution in [0, 0.1) is 0 Å².